The fourth-order valence-corrected chi connectivity index (χ4v) is 2.90. The standard InChI is InChI=1S/C11H9ClFN3O2S/c12-10-6-7(4-5-15-10)16-19(17,18)11-8(13)2-1-3-9(11)14/h1-6H,14H2,(H,15,16). The van der Waals surface area contributed by atoms with Crippen LogP contribution in [0.15, 0.2) is 41.4 Å². The van der Waals surface area contributed by atoms with E-state index in [2.05, 4.69) is 9.71 Å². The zero-order valence-corrected chi connectivity index (χ0v) is 11.0. The molecule has 1 heterocycles. The molecule has 8 heteroatoms. The van der Waals surface area contributed by atoms with Crippen LogP contribution in [0.25, 0.3) is 0 Å². The number of aromatic nitrogens is 1. The van der Waals surface area contributed by atoms with Crippen molar-refractivity contribution < 1.29 is 12.8 Å². The third-order valence-electron chi connectivity index (χ3n) is 2.24. The van der Waals surface area contributed by atoms with Crippen LogP contribution in [0, 0.1) is 5.82 Å². The molecule has 0 unspecified atom stereocenters. The van der Waals surface area contributed by atoms with Crippen LogP contribution in [-0.2, 0) is 10.0 Å². The lowest BCUT2D eigenvalue weighted by Crippen LogP contribution is -2.16. The van der Waals surface area contributed by atoms with E-state index in [4.69, 9.17) is 17.3 Å². The van der Waals surface area contributed by atoms with Gasteiger partial charge in [-0.15, -0.1) is 0 Å². The monoisotopic (exact) mass is 301 g/mol. The summed E-state index contributed by atoms with van der Waals surface area (Å²) in [5.41, 5.74) is 5.49. The van der Waals surface area contributed by atoms with Gasteiger partial charge in [0.25, 0.3) is 10.0 Å². The fourth-order valence-electron chi connectivity index (χ4n) is 1.48. The molecule has 19 heavy (non-hydrogen) atoms. The Balaban J connectivity index is 2.44. The Labute approximate surface area is 114 Å². The number of hydrogen-bond donors (Lipinski definition) is 2. The van der Waals surface area contributed by atoms with Crippen molar-refractivity contribution in [3.8, 4) is 0 Å². The zero-order valence-electron chi connectivity index (χ0n) is 9.47. The van der Waals surface area contributed by atoms with E-state index in [0.717, 1.165) is 6.07 Å². The second-order valence-corrected chi connectivity index (χ2v) is 5.64. The first-order valence-electron chi connectivity index (χ1n) is 5.08. The van der Waals surface area contributed by atoms with Gasteiger partial charge in [0.15, 0.2) is 0 Å². The van der Waals surface area contributed by atoms with Crippen molar-refractivity contribution in [3.63, 3.8) is 0 Å². The van der Waals surface area contributed by atoms with Crippen molar-refractivity contribution in [2.75, 3.05) is 10.5 Å². The Morgan fingerprint density at radius 2 is 2.05 bits per heavy atom. The highest BCUT2D eigenvalue weighted by molar-refractivity contribution is 7.92. The molecule has 1 aromatic carbocycles. The summed E-state index contributed by atoms with van der Waals surface area (Å²) in [6.45, 7) is 0. The van der Waals surface area contributed by atoms with Crippen LogP contribution in [0.5, 0.6) is 0 Å². The quantitative estimate of drug-likeness (QED) is 0.672. The maximum absolute atomic E-state index is 13.6. The molecule has 0 spiro atoms. The molecule has 100 valence electrons. The lowest BCUT2D eigenvalue weighted by molar-refractivity contribution is 0.572. The smallest absolute Gasteiger partial charge is 0.266 e. The number of rotatable bonds is 3. The topological polar surface area (TPSA) is 85.1 Å². The van der Waals surface area contributed by atoms with Gasteiger partial charge < -0.3 is 5.73 Å². The molecule has 1 aromatic heterocycles. The van der Waals surface area contributed by atoms with E-state index >= 15 is 0 Å². The van der Waals surface area contributed by atoms with Gasteiger partial charge in [0.05, 0.1) is 11.4 Å². The first kappa shape index (κ1) is 13.6. The Hall–Kier alpha value is -1.86. The molecule has 0 bridgehead atoms. The second kappa shape index (κ2) is 5.02. The summed E-state index contributed by atoms with van der Waals surface area (Å²) >= 11 is 5.64. The fraction of sp³-hybridized carbons (Fsp3) is 0. The van der Waals surface area contributed by atoms with Crippen LogP contribution in [0.2, 0.25) is 5.15 Å². The van der Waals surface area contributed by atoms with Crippen LogP contribution in [0.3, 0.4) is 0 Å². The van der Waals surface area contributed by atoms with Gasteiger partial charge in [-0.2, -0.15) is 0 Å². The molecule has 5 nitrogen and oxygen atoms in total. The Morgan fingerprint density at radius 3 is 2.68 bits per heavy atom. The normalized spacial score (nSPS) is 11.3. The van der Waals surface area contributed by atoms with E-state index in [0.29, 0.717) is 0 Å². The molecule has 0 atom stereocenters. The maximum atomic E-state index is 13.6. The molecule has 0 aliphatic rings. The van der Waals surface area contributed by atoms with Gasteiger partial charge in [0.2, 0.25) is 0 Å². The van der Waals surface area contributed by atoms with Crippen molar-refractivity contribution in [1.82, 2.24) is 4.98 Å². The molecule has 2 rings (SSSR count). The molecule has 0 saturated carbocycles. The number of benzene rings is 1. The summed E-state index contributed by atoms with van der Waals surface area (Å²) in [5.74, 6) is -0.923. The zero-order chi connectivity index (χ0) is 14.0. The number of nitrogen functional groups attached to an aromatic ring is 1. The summed E-state index contributed by atoms with van der Waals surface area (Å²) < 4.78 is 39.9. The van der Waals surface area contributed by atoms with Crippen molar-refractivity contribution in [2.24, 2.45) is 0 Å². The number of nitrogens with one attached hydrogen (secondary N) is 1. The summed E-state index contributed by atoms with van der Waals surface area (Å²) in [6.07, 6.45) is 1.32. The molecule has 0 radical (unpaired) electrons. The predicted molar refractivity (Wildman–Crippen MR) is 70.9 cm³/mol. The molecule has 3 N–H and O–H groups in total. The van der Waals surface area contributed by atoms with Crippen molar-refractivity contribution in [1.29, 1.82) is 0 Å². The number of anilines is 2. The van der Waals surface area contributed by atoms with Gasteiger partial charge in [-0.1, -0.05) is 17.7 Å². The van der Waals surface area contributed by atoms with E-state index in [-0.39, 0.29) is 16.5 Å². The Bertz CT molecular complexity index is 701. The summed E-state index contributed by atoms with van der Waals surface area (Å²) in [5, 5.41) is 0.113. The minimum atomic E-state index is -4.13. The number of nitrogens with zero attached hydrogens (tertiary/aromatic N) is 1. The van der Waals surface area contributed by atoms with Crippen LogP contribution >= 0.6 is 11.6 Å². The number of halogens is 2. The number of sulfonamides is 1. The molecular weight excluding hydrogens is 293 g/mol. The highest BCUT2D eigenvalue weighted by atomic mass is 35.5. The first-order valence-corrected chi connectivity index (χ1v) is 6.94. The summed E-state index contributed by atoms with van der Waals surface area (Å²) in [6, 6.07) is 6.34. The SMILES string of the molecule is Nc1cccc(F)c1S(=O)(=O)Nc1ccnc(Cl)c1. The van der Waals surface area contributed by atoms with Crippen molar-refractivity contribution in [2.45, 2.75) is 4.90 Å². The van der Waals surface area contributed by atoms with Crippen molar-refractivity contribution in [3.05, 3.63) is 47.5 Å². The number of nitrogens with two attached hydrogens (primary N) is 1. The van der Waals surface area contributed by atoms with Crippen LogP contribution in [0.1, 0.15) is 0 Å². The van der Waals surface area contributed by atoms with Gasteiger partial charge in [0, 0.05) is 6.20 Å². The van der Waals surface area contributed by atoms with Crippen molar-refractivity contribution >= 4 is 33.0 Å². The van der Waals surface area contributed by atoms with E-state index < -0.39 is 20.7 Å². The van der Waals surface area contributed by atoms with Gasteiger partial charge >= 0.3 is 0 Å². The molecular formula is C11H9ClFN3O2S. The van der Waals surface area contributed by atoms with E-state index in [9.17, 15) is 12.8 Å². The molecule has 0 fully saturated rings. The Morgan fingerprint density at radius 1 is 1.32 bits per heavy atom. The number of hydrogen-bond acceptors (Lipinski definition) is 4. The van der Waals surface area contributed by atoms with Gasteiger partial charge in [-0.25, -0.2) is 17.8 Å². The highest BCUT2D eigenvalue weighted by Gasteiger charge is 2.22. The van der Waals surface area contributed by atoms with E-state index in [1.54, 1.807) is 0 Å². The van der Waals surface area contributed by atoms with Crippen LogP contribution in [0.4, 0.5) is 15.8 Å². The average Bonchev–Trinajstić information content (AvgIpc) is 2.27. The largest absolute Gasteiger partial charge is 0.398 e. The molecule has 2 aromatic rings. The summed E-state index contributed by atoms with van der Waals surface area (Å²) in [4.78, 5) is 3.12. The maximum Gasteiger partial charge on any atom is 0.266 e. The molecule has 0 amide bonds. The first-order chi connectivity index (χ1) is 8.90. The van der Waals surface area contributed by atoms with E-state index in [1.807, 2.05) is 0 Å². The summed E-state index contributed by atoms with van der Waals surface area (Å²) in [7, 11) is -4.13. The third-order valence-corrected chi connectivity index (χ3v) is 3.92. The highest BCUT2D eigenvalue weighted by Crippen LogP contribution is 2.24. The van der Waals surface area contributed by atoms with Gasteiger partial charge in [0.1, 0.15) is 15.9 Å². The Kier molecular flexibility index (Phi) is 3.59. The van der Waals surface area contributed by atoms with Gasteiger partial charge in [-0.05, 0) is 24.3 Å². The molecule has 0 aliphatic heterocycles. The minimum Gasteiger partial charge on any atom is -0.398 e. The van der Waals surface area contributed by atoms with E-state index in [1.165, 1.54) is 30.5 Å². The lowest BCUT2D eigenvalue weighted by atomic mass is 10.3. The van der Waals surface area contributed by atoms with Gasteiger partial charge in [-0.3, -0.25) is 4.72 Å². The third kappa shape index (κ3) is 2.94. The lowest BCUT2D eigenvalue weighted by Gasteiger charge is -2.10. The average molecular weight is 302 g/mol. The molecule has 0 saturated heterocycles. The van der Waals surface area contributed by atoms with Crippen LogP contribution < -0.4 is 10.5 Å². The number of pyridine rings is 1. The second-order valence-electron chi connectivity index (χ2n) is 3.63. The minimum absolute atomic E-state index is 0.113. The molecule has 0 aliphatic carbocycles. The van der Waals surface area contributed by atoms with Crippen LogP contribution in [-0.4, -0.2) is 13.4 Å². The predicted octanol–water partition coefficient (Wildman–Crippen LogP) is 2.26.